The van der Waals surface area contributed by atoms with Crippen molar-refractivity contribution >= 4 is 32.3 Å². The molecule has 0 unspecified atom stereocenters. The zero-order valence-electron chi connectivity index (χ0n) is 29.8. The second-order valence-corrected chi connectivity index (χ2v) is 14.1. The van der Waals surface area contributed by atoms with E-state index < -0.39 is 0 Å². The van der Waals surface area contributed by atoms with E-state index in [-0.39, 0.29) is 0 Å². The van der Waals surface area contributed by atoms with Gasteiger partial charge in [-0.15, -0.1) is 0 Å². The summed E-state index contributed by atoms with van der Waals surface area (Å²) in [7, 11) is 0. The molecule has 0 aliphatic rings. The first-order valence-electron chi connectivity index (χ1n) is 18.7. The Labute approximate surface area is 316 Å². The van der Waals surface area contributed by atoms with Crippen LogP contribution in [0.15, 0.2) is 218 Å². The van der Waals surface area contributed by atoms with E-state index in [9.17, 15) is 0 Å². The van der Waals surface area contributed by atoms with Crippen molar-refractivity contribution in [2.75, 3.05) is 0 Å². The third-order valence-electron chi connectivity index (χ3n) is 10.8. The minimum Gasteiger partial charge on any atom is -0.0622 e. The first-order chi connectivity index (χ1) is 26.8. The zero-order chi connectivity index (χ0) is 35.8. The molecular formula is C54H36. The lowest BCUT2D eigenvalue weighted by Crippen LogP contribution is -1.93. The van der Waals surface area contributed by atoms with Gasteiger partial charge in [-0.25, -0.2) is 0 Å². The molecule has 10 aromatic rings. The van der Waals surface area contributed by atoms with Crippen LogP contribution in [0.5, 0.6) is 0 Å². The molecular weight excluding hydrogens is 649 g/mol. The summed E-state index contributed by atoms with van der Waals surface area (Å²) >= 11 is 0. The van der Waals surface area contributed by atoms with Crippen LogP contribution in [-0.4, -0.2) is 0 Å². The minimum absolute atomic E-state index is 1.20. The van der Waals surface area contributed by atoms with E-state index in [0.29, 0.717) is 0 Å². The Morgan fingerprint density at radius 2 is 0.537 bits per heavy atom. The topological polar surface area (TPSA) is 0 Å². The number of rotatable bonds is 6. The highest BCUT2D eigenvalue weighted by molar-refractivity contribution is 6.13. The maximum Gasteiger partial charge on any atom is -0.00266 e. The Morgan fingerprint density at radius 1 is 0.185 bits per heavy atom. The smallest absolute Gasteiger partial charge is 0.00266 e. The van der Waals surface area contributed by atoms with Gasteiger partial charge in [0.1, 0.15) is 0 Å². The van der Waals surface area contributed by atoms with Crippen LogP contribution in [0.4, 0.5) is 0 Å². The summed E-state index contributed by atoms with van der Waals surface area (Å²) < 4.78 is 0. The van der Waals surface area contributed by atoms with Gasteiger partial charge in [-0.3, -0.25) is 0 Å². The number of benzene rings is 10. The van der Waals surface area contributed by atoms with E-state index in [1.807, 2.05) is 0 Å². The number of fused-ring (bicyclic) bond motifs is 3. The third kappa shape index (κ3) is 5.75. The molecule has 0 fully saturated rings. The maximum absolute atomic E-state index is 2.35. The first kappa shape index (κ1) is 31.7. The number of hydrogen-bond donors (Lipinski definition) is 0. The van der Waals surface area contributed by atoms with Crippen molar-refractivity contribution in [3.8, 4) is 66.8 Å². The van der Waals surface area contributed by atoms with Crippen molar-refractivity contribution in [1.29, 1.82) is 0 Å². The van der Waals surface area contributed by atoms with Gasteiger partial charge < -0.3 is 0 Å². The lowest BCUT2D eigenvalue weighted by atomic mass is 9.83. The van der Waals surface area contributed by atoms with Gasteiger partial charge in [0.05, 0.1) is 0 Å². The molecule has 0 aliphatic carbocycles. The van der Waals surface area contributed by atoms with E-state index >= 15 is 0 Å². The van der Waals surface area contributed by atoms with Crippen LogP contribution in [0.2, 0.25) is 0 Å². The molecule has 0 amide bonds. The van der Waals surface area contributed by atoms with Crippen LogP contribution >= 0.6 is 0 Å². The SMILES string of the molecule is c1ccc(-c2c(-c3cccc(-c4ccc5ccccc5c4)c3)ccc3c(-c4ccccc4)c(-c4cccc(-c5ccc6ccccc6c5)c4)ccc23)cc1. The van der Waals surface area contributed by atoms with Crippen LogP contribution in [-0.2, 0) is 0 Å². The van der Waals surface area contributed by atoms with Crippen molar-refractivity contribution in [2.24, 2.45) is 0 Å². The van der Waals surface area contributed by atoms with Crippen LogP contribution in [0, 0.1) is 0 Å². The molecule has 10 aromatic carbocycles. The molecule has 0 heterocycles. The molecule has 10 rings (SSSR count). The average molecular weight is 685 g/mol. The molecule has 0 saturated carbocycles. The van der Waals surface area contributed by atoms with E-state index in [1.54, 1.807) is 0 Å². The van der Waals surface area contributed by atoms with Gasteiger partial charge in [-0.2, -0.15) is 0 Å². The predicted octanol–water partition coefficient (Wildman–Crippen LogP) is 15.1. The molecule has 252 valence electrons. The fourth-order valence-corrected chi connectivity index (χ4v) is 8.19. The van der Waals surface area contributed by atoms with Gasteiger partial charge in [-0.1, -0.05) is 194 Å². The van der Waals surface area contributed by atoms with E-state index in [4.69, 9.17) is 0 Å². The maximum atomic E-state index is 2.35. The zero-order valence-corrected chi connectivity index (χ0v) is 29.8. The lowest BCUT2D eigenvalue weighted by Gasteiger charge is -2.20. The van der Waals surface area contributed by atoms with Crippen molar-refractivity contribution in [3.63, 3.8) is 0 Å². The average Bonchev–Trinajstić information content (AvgIpc) is 3.26. The third-order valence-corrected chi connectivity index (χ3v) is 10.8. The van der Waals surface area contributed by atoms with Crippen molar-refractivity contribution in [2.45, 2.75) is 0 Å². The Morgan fingerprint density at radius 3 is 0.981 bits per heavy atom. The van der Waals surface area contributed by atoms with Crippen LogP contribution in [0.1, 0.15) is 0 Å². The quantitative estimate of drug-likeness (QED) is 0.164. The van der Waals surface area contributed by atoms with Gasteiger partial charge in [-0.05, 0) is 123 Å². The second kappa shape index (κ2) is 13.5. The standard InChI is InChI=1S/C54H36/c1-3-15-39(16-4-1)53-49(47-23-11-21-43(35-47)45-27-25-37-13-7-9-19-41(37)33-45)29-32-52-51(53)31-30-50(54(52)40-17-5-2-6-18-40)48-24-12-22-44(36-48)46-28-26-38-14-8-10-20-42(38)34-46/h1-36H. The summed E-state index contributed by atoms with van der Waals surface area (Å²) in [6, 6.07) is 79.9. The summed E-state index contributed by atoms with van der Waals surface area (Å²) in [6.07, 6.45) is 0. The molecule has 0 aliphatic heterocycles. The molecule has 0 bridgehead atoms. The Kier molecular flexibility index (Phi) is 7.93. The van der Waals surface area contributed by atoms with E-state index in [2.05, 4.69) is 218 Å². The number of hydrogen-bond acceptors (Lipinski definition) is 0. The van der Waals surface area contributed by atoms with Gasteiger partial charge in [0.15, 0.2) is 0 Å². The van der Waals surface area contributed by atoms with Crippen LogP contribution in [0.25, 0.3) is 99.1 Å². The lowest BCUT2D eigenvalue weighted by molar-refractivity contribution is 1.57. The minimum atomic E-state index is 1.20. The molecule has 54 heavy (non-hydrogen) atoms. The van der Waals surface area contributed by atoms with Gasteiger partial charge >= 0.3 is 0 Å². The largest absolute Gasteiger partial charge is 0.0622 e. The predicted molar refractivity (Wildman–Crippen MR) is 232 cm³/mol. The van der Waals surface area contributed by atoms with Gasteiger partial charge in [0.2, 0.25) is 0 Å². The fraction of sp³-hybridized carbons (Fsp3) is 0. The summed E-state index contributed by atoms with van der Waals surface area (Å²) in [5, 5.41) is 7.50. The Balaban J connectivity index is 1.17. The normalized spacial score (nSPS) is 11.3. The molecule has 0 spiro atoms. The van der Waals surface area contributed by atoms with Crippen LogP contribution < -0.4 is 0 Å². The Hall–Kier alpha value is -7.02. The van der Waals surface area contributed by atoms with E-state index in [1.165, 1.54) is 99.1 Å². The summed E-state index contributed by atoms with van der Waals surface area (Å²) in [4.78, 5) is 0. The van der Waals surface area contributed by atoms with Crippen molar-refractivity contribution in [3.05, 3.63) is 218 Å². The monoisotopic (exact) mass is 684 g/mol. The van der Waals surface area contributed by atoms with Crippen molar-refractivity contribution in [1.82, 2.24) is 0 Å². The second-order valence-electron chi connectivity index (χ2n) is 14.1. The highest BCUT2D eigenvalue weighted by Gasteiger charge is 2.19. The molecule has 0 radical (unpaired) electrons. The first-order valence-corrected chi connectivity index (χ1v) is 18.7. The van der Waals surface area contributed by atoms with E-state index in [0.717, 1.165) is 0 Å². The summed E-state index contributed by atoms with van der Waals surface area (Å²) in [5.41, 5.74) is 14.6. The molecule has 0 aromatic heterocycles. The molecule has 0 saturated heterocycles. The summed E-state index contributed by atoms with van der Waals surface area (Å²) in [6.45, 7) is 0. The molecule has 0 nitrogen and oxygen atoms in total. The highest BCUT2D eigenvalue weighted by atomic mass is 14.2. The molecule has 0 atom stereocenters. The molecule has 0 N–H and O–H groups in total. The van der Waals surface area contributed by atoms with Crippen LogP contribution in [0.3, 0.4) is 0 Å². The van der Waals surface area contributed by atoms with Crippen molar-refractivity contribution < 1.29 is 0 Å². The summed E-state index contributed by atoms with van der Waals surface area (Å²) in [5.74, 6) is 0. The molecule has 0 heteroatoms. The van der Waals surface area contributed by atoms with Gasteiger partial charge in [0.25, 0.3) is 0 Å². The van der Waals surface area contributed by atoms with Gasteiger partial charge in [0, 0.05) is 0 Å². The highest BCUT2D eigenvalue weighted by Crippen LogP contribution is 2.45. The Bertz CT molecular complexity index is 2770. The fourth-order valence-electron chi connectivity index (χ4n) is 8.19.